The van der Waals surface area contributed by atoms with Gasteiger partial charge in [-0.15, -0.1) is 3.89 Å². The molecule has 1 aliphatic carbocycles. The molecule has 0 aromatic rings. The Bertz CT molecular complexity index is 273. The Morgan fingerprint density at radius 2 is 1.92 bits per heavy atom. The van der Waals surface area contributed by atoms with E-state index < -0.39 is 27.8 Å². The van der Waals surface area contributed by atoms with Crippen LogP contribution in [0.3, 0.4) is 0 Å². The van der Waals surface area contributed by atoms with Gasteiger partial charge in [-0.25, -0.2) is 8.78 Å². The van der Waals surface area contributed by atoms with Crippen molar-refractivity contribution >= 4 is 10.2 Å². The van der Waals surface area contributed by atoms with E-state index in [2.05, 4.69) is 0 Å². The molecule has 0 amide bonds. The molecule has 2 nitrogen and oxygen atoms in total. The number of alkyl halides is 2. The van der Waals surface area contributed by atoms with E-state index in [4.69, 9.17) is 0 Å². The molecule has 0 heterocycles. The minimum Gasteiger partial charge on any atom is -0.207 e. The maximum absolute atomic E-state index is 13.0. The Balaban J connectivity index is 2.67. The van der Waals surface area contributed by atoms with Crippen LogP contribution in [0.4, 0.5) is 12.7 Å². The molecule has 0 aliphatic heterocycles. The summed E-state index contributed by atoms with van der Waals surface area (Å²) in [5, 5.41) is 0. The van der Waals surface area contributed by atoms with Crippen molar-refractivity contribution in [2.75, 3.05) is 5.75 Å². The lowest BCUT2D eigenvalue weighted by Gasteiger charge is -2.29. The van der Waals surface area contributed by atoms with E-state index in [-0.39, 0.29) is 12.8 Å². The van der Waals surface area contributed by atoms with Crippen LogP contribution in [0.15, 0.2) is 0 Å². The van der Waals surface area contributed by atoms with Crippen molar-refractivity contribution in [1.82, 2.24) is 0 Å². The van der Waals surface area contributed by atoms with E-state index in [0.717, 1.165) is 0 Å². The highest BCUT2D eigenvalue weighted by Crippen LogP contribution is 2.39. The van der Waals surface area contributed by atoms with Gasteiger partial charge < -0.3 is 0 Å². The quantitative estimate of drug-likeness (QED) is 0.662. The van der Waals surface area contributed by atoms with Gasteiger partial charge in [0.2, 0.25) is 0 Å². The lowest BCUT2D eigenvalue weighted by molar-refractivity contribution is -0.0772. The maximum Gasteiger partial charge on any atom is 0.302 e. The predicted octanol–water partition coefficient (Wildman–Crippen LogP) is 2.11. The fourth-order valence-corrected chi connectivity index (χ4v) is 2.50. The Morgan fingerprint density at radius 1 is 1.31 bits per heavy atom. The van der Waals surface area contributed by atoms with Crippen molar-refractivity contribution in [2.24, 2.45) is 5.92 Å². The lowest BCUT2D eigenvalue weighted by atomic mass is 9.87. The van der Waals surface area contributed by atoms with Crippen molar-refractivity contribution in [3.8, 4) is 0 Å². The number of halogens is 3. The summed E-state index contributed by atoms with van der Waals surface area (Å²) in [6, 6.07) is 0. The van der Waals surface area contributed by atoms with Crippen molar-refractivity contribution in [1.29, 1.82) is 0 Å². The molecule has 6 heteroatoms. The molecule has 0 aromatic carbocycles. The van der Waals surface area contributed by atoms with Crippen molar-refractivity contribution in [3.63, 3.8) is 0 Å². The van der Waals surface area contributed by atoms with Crippen LogP contribution in [-0.2, 0) is 10.2 Å². The first-order chi connectivity index (χ1) is 5.81. The lowest BCUT2D eigenvalue weighted by Crippen LogP contribution is -2.35. The van der Waals surface area contributed by atoms with Crippen LogP contribution in [-0.4, -0.2) is 20.1 Å². The average molecular weight is 216 g/mol. The average Bonchev–Trinajstić information content (AvgIpc) is 1.91. The van der Waals surface area contributed by atoms with Crippen LogP contribution in [0.2, 0.25) is 0 Å². The fourth-order valence-electron chi connectivity index (χ4n) is 1.61. The molecule has 78 valence electrons. The summed E-state index contributed by atoms with van der Waals surface area (Å²) in [6.45, 7) is 0. The molecule has 1 unspecified atom stereocenters. The van der Waals surface area contributed by atoms with Crippen LogP contribution < -0.4 is 0 Å². The zero-order valence-electron chi connectivity index (χ0n) is 6.97. The molecule has 0 bridgehead atoms. The molecule has 1 rings (SSSR count). The van der Waals surface area contributed by atoms with Crippen molar-refractivity contribution < 1.29 is 21.1 Å². The minimum atomic E-state index is -4.77. The number of hydrogen-bond donors (Lipinski definition) is 0. The minimum absolute atomic E-state index is 0.0934. The third kappa shape index (κ3) is 3.17. The number of rotatable bonds is 2. The molecule has 0 aromatic heterocycles. The molecule has 0 saturated heterocycles. The zero-order chi connectivity index (χ0) is 10.1. The first-order valence-corrected chi connectivity index (χ1v) is 5.67. The third-order valence-electron chi connectivity index (χ3n) is 2.31. The van der Waals surface area contributed by atoms with Gasteiger partial charge in [0, 0.05) is 12.3 Å². The van der Waals surface area contributed by atoms with Crippen molar-refractivity contribution in [3.05, 3.63) is 0 Å². The summed E-state index contributed by atoms with van der Waals surface area (Å²) in [4.78, 5) is 0. The predicted molar refractivity (Wildman–Crippen MR) is 41.8 cm³/mol. The smallest absolute Gasteiger partial charge is 0.207 e. The van der Waals surface area contributed by atoms with E-state index in [1.165, 1.54) is 0 Å². The highest BCUT2D eigenvalue weighted by Gasteiger charge is 2.43. The Morgan fingerprint density at radius 3 is 2.38 bits per heavy atom. The van der Waals surface area contributed by atoms with E-state index in [9.17, 15) is 21.1 Å². The first kappa shape index (κ1) is 10.8. The second kappa shape index (κ2) is 3.48. The van der Waals surface area contributed by atoms with Gasteiger partial charge in [-0.1, -0.05) is 6.42 Å². The van der Waals surface area contributed by atoms with E-state index in [1.54, 1.807) is 0 Å². The molecule has 13 heavy (non-hydrogen) atoms. The SMILES string of the molecule is O=S(=O)(F)CC1CCCCC1(F)F. The summed E-state index contributed by atoms with van der Waals surface area (Å²) in [5.74, 6) is -5.39. The monoisotopic (exact) mass is 216 g/mol. The summed E-state index contributed by atoms with van der Waals surface area (Å²) < 4.78 is 58.5. The zero-order valence-corrected chi connectivity index (χ0v) is 7.79. The standard InChI is InChI=1S/C7H11F3O2S/c8-7(9)4-2-1-3-6(7)5-13(10,11)12/h6H,1-5H2. The van der Waals surface area contributed by atoms with Gasteiger partial charge in [0.1, 0.15) is 0 Å². The normalized spacial score (nSPS) is 28.7. The second-order valence-electron chi connectivity index (χ2n) is 3.41. The van der Waals surface area contributed by atoms with Crippen LogP contribution >= 0.6 is 0 Å². The Kier molecular flexibility index (Phi) is 2.89. The third-order valence-corrected chi connectivity index (χ3v) is 3.11. The summed E-state index contributed by atoms with van der Waals surface area (Å²) in [5.41, 5.74) is 0. The van der Waals surface area contributed by atoms with Crippen molar-refractivity contribution in [2.45, 2.75) is 31.6 Å². The molecular formula is C7H11F3O2S. The summed E-state index contributed by atoms with van der Waals surface area (Å²) in [7, 11) is -4.77. The maximum atomic E-state index is 13.0. The Labute approximate surface area is 75.3 Å². The van der Waals surface area contributed by atoms with E-state index in [1.807, 2.05) is 0 Å². The van der Waals surface area contributed by atoms with Crippen LogP contribution in [0.25, 0.3) is 0 Å². The van der Waals surface area contributed by atoms with Gasteiger partial charge in [-0.05, 0) is 12.8 Å². The first-order valence-electron chi connectivity index (χ1n) is 4.11. The van der Waals surface area contributed by atoms with Gasteiger partial charge in [-0.2, -0.15) is 8.42 Å². The topological polar surface area (TPSA) is 34.1 Å². The van der Waals surface area contributed by atoms with Crippen LogP contribution in [0, 0.1) is 5.92 Å². The molecule has 0 radical (unpaired) electrons. The molecule has 0 N–H and O–H groups in total. The molecule has 1 aliphatic rings. The molecule has 1 fully saturated rings. The van der Waals surface area contributed by atoms with Gasteiger partial charge in [0.05, 0.1) is 5.75 Å². The van der Waals surface area contributed by atoms with Gasteiger partial charge >= 0.3 is 10.2 Å². The van der Waals surface area contributed by atoms with Gasteiger partial charge in [-0.3, -0.25) is 0 Å². The summed E-state index contributed by atoms with van der Waals surface area (Å²) >= 11 is 0. The van der Waals surface area contributed by atoms with Crippen LogP contribution in [0.1, 0.15) is 25.7 Å². The molecule has 1 atom stereocenters. The molecule has 1 saturated carbocycles. The summed E-state index contributed by atoms with van der Waals surface area (Å²) in [6.07, 6.45) is 0.703. The van der Waals surface area contributed by atoms with Gasteiger partial charge in [0.15, 0.2) is 0 Å². The number of hydrogen-bond acceptors (Lipinski definition) is 2. The fraction of sp³-hybridized carbons (Fsp3) is 1.00. The largest absolute Gasteiger partial charge is 0.302 e. The van der Waals surface area contributed by atoms with Crippen LogP contribution in [0.5, 0.6) is 0 Å². The highest BCUT2D eigenvalue weighted by atomic mass is 32.3. The van der Waals surface area contributed by atoms with E-state index >= 15 is 0 Å². The Hall–Kier alpha value is -0.260. The molecular weight excluding hydrogens is 205 g/mol. The second-order valence-corrected chi connectivity index (χ2v) is 4.82. The highest BCUT2D eigenvalue weighted by molar-refractivity contribution is 7.86. The van der Waals surface area contributed by atoms with E-state index in [0.29, 0.717) is 12.8 Å². The molecule has 0 spiro atoms. The van der Waals surface area contributed by atoms with Gasteiger partial charge in [0.25, 0.3) is 5.92 Å².